The first-order valence-corrected chi connectivity index (χ1v) is 3.77. The van der Waals surface area contributed by atoms with Gasteiger partial charge < -0.3 is 5.11 Å². The summed E-state index contributed by atoms with van der Waals surface area (Å²) in [7, 11) is 0. The highest BCUT2D eigenvalue weighted by molar-refractivity contribution is 6.13. The van der Waals surface area contributed by atoms with Gasteiger partial charge in [-0.25, -0.2) is 4.84 Å². The Morgan fingerprint density at radius 1 is 1.27 bits per heavy atom. The Hall–Kier alpha value is -0.570. The number of nitrogens with one attached hydrogen (secondary N) is 1. The van der Waals surface area contributed by atoms with E-state index < -0.39 is 0 Å². The van der Waals surface area contributed by atoms with E-state index >= 15 is 0 Å². The predicted molar refractivity (Wildman–Crippen MR) is 45.1 cm³/mol. The summed E-state index contributed by atoms with van der Waals surface area (Å²) >= 11 is 5.33. The molecule has 0 saturated heterocycles. The normalized spacial score (nSPS) is 10.0. The number of hydrogen-bond acceptors (Lipinski definition) is 2. The monoisotopic (exact) mass is 171 g/mol. The molecule has 0 radical (unpaired) electrons. The lowest BCUT2D eigenvalue weighted by molar-refractivity contribution is 0.280. The van der Waals surface area contributed by atoms with Crippen molar-refractivity contribution in [1.29, 1.82) is 0 Å². The van der Waals surface area contributed by atoms with Crippen LogP contribution in [0.25, 0.3) is 0 Å². The van der Waals surface area contributed by atoms with Crippen molar-refractivity contribution in [2.45, 2.75) is 13.2 Å². The van der Waals surface area contributed by atoms with E-state index in [0.29, 0.717) is 6.54 Å². The molecule has 0 spiro atoms. The van der Waals surface area contributed by atoms with E-state index in [1.165, 1.54) is 0 Å². The van der Waals surface area contributed by atoms with E-state index in [-0.39, 0.29) is 6.61 Å². The Labute approximate surface area is 70.9 Å². The van der Waals surface area contributed by atoms with Crippen LogP contribution in [0, 0.1) is 0 Å². The molecule has 11 heavy (non-hydrogen) atoms. The standard InChI is InChI=1S/C8H10ClNO/c9-10-5-7-3-1-2-4-8(7)6-11/h1-4,10-11H,5-6H2. The highest BCUT2D eigenvalue weighted by atomic mass is 35.5. The fourth-order valence-corrected chi connectivity index (χ4v) is 1.10. The zero-order valence-electron chi connectivity index (χ0n) is 6.05. The van der Waals surface area contributed by atoms with Crippen LogP contribution in [0.15, 0.2) is 24.3 Å². The molecule has 0 aliphatic carbocycles. The van der Waals surface area contributed by atoms with Crippen molar-refractivity contribution in [2.24, 2.45) is 0 Å². The lowest BCUT2D eigenvalue weighted by Gasteiger charge is -2.03. The molecule has 0 amide bonds. The van der Waals surface area contributed by atoms with Gasteiger partial charge in [-0.3, -0.25) is 0 Å². The molecule has 1 aromatic carbocycles. The highest BCUT2D eigenvalue weighted by Crippen LogP contribution is 2.07. The molecule has 0 atom stereocenters. The van der Waals surface area contributed by atoms with E-state index in [2.05, 4.69) is 4.84 Å². The van der Waals surface area contributed by atoms with Crippen molar-refractivity contribution in [3.63, 3.8) is 0 Å². The molecule has 0 aromatic heterocycles. The number of rotatable bonds is 3. The molecule has 1 aromatic rings. The van der Waals surface area contributed by atoms with Gasteiger partial charge in [-0.2, -0.15) is 0 Å². The summed E-state index contributed by atoms with van der Waals surface area (Å²) in [5.74, 6) is 0. The van der Waals surface area contributed by atoms with Crippen molar-refractivity contribution in [3.8, 4) is 0 Å². The van der Waals surface area contributed by atoms with Crippen LogP contribution in [0.2, 0.25) is 0 Å². The van der Waals surface area contributed by atoms with Crippen LogP contribution in [-0.4, -0.2) is 5.11 Å². The molecular formula is C8H10ClNO. The Balaban J connectivity index is 2.83. The number of benzene rings is 1. The van der Waals surface area contributed by atoms with Gasteiger partial charge >= 0.3 is 0 Å². The summed E-state index contributed by atoms with van der Waals surface area (Å²) in [6.45, 7) is 0.646. The quantitative estimate of drug-likeness (QED) is 0.675. The SMILES string of the molecule is OCc1ccccc1CNCl. The third-order valence-electron chi connectivity index (χ3n) is 1.55. The summed E-state index contributed by atoms with van der Waals surface area (Å²) in [5.41, 5.74) is 1.95. The maximum atomic E-state index is 8.87. The summed E-state index contributed by atoms with van der Waals surface area (Å²) in [6.07, 6.45) is 0. The molecule has 60 valence electrons. The fourth-order valence-electron chi connectivity index (χ4n) is 0.956. The summed E-state index contributed by atoms with van der Waals surface area (Å²) in [5, 5.41) is 8.87. The number of aliphatic hydroxyl groups excluding tert-OH is 1. The third kappa shape index (κ3) is 2.19. The lowest BCUT2D eigenvalue weighted by Crippen LogP contribution is -2.02. The van der Waals surface area contributed by atoms with Gasteiger partial charge in [0, 0.05) is 6.54 Å². The van der Waals surface area contributed by atoms with Gasteiger partial charge in [0.15, 0.2) is 0 Å². The molecule has 1 rings (SSSR count). The Morgan fingerprint density at radius 2 is 1.91 bits per heavy atom. The second-order valence-electron chi connectivity index (χ2n) is 2.24. The topological polar surface area (TPSA) is 32.3 Å². The van der Waals surface area contributed by atoms with Crippen molar-refractivity contribution in [2.75, 3.05) is 0 Å². The van der Waals surface area contributed by atoms with Gasteiger partial charge in [-0.15, -0.1) is 0 Å². The average Bonchev–Trinajstić information content (AvgIpc) is 2.06. The molecule has 0 aliphatic heterocycles. The molecule has 0 unspecified atom stereocenters. The Morgan fingerprint density at radius 3 is 2.45 bits per heavy atom. The van der Waals surface area contributed by atoms with Crippen LogP contribution >= 0.6 is 11.8 Å². The van der Waals surface area contributed by atoms with Gasteiger partial charge in [0.1, 0.15) is 0 Å². The smallest absolute Gasteiger partial charge is 0.0685 e. The molecule has 3 heteroatoms. The van der Waals surface area contributed by atoms with Gasteiger partial charge in [-0.05, 0) is 22.9 Å². The number of halogens is 1. The fraction of sp³-hybridized carbons (Fsp3) is 0.250. The van der Waals surface area contributed by atoms with Crippen molar-refractivity contribution < 1.29 is 5.11 Å². The summed E-state index contributed by atoms with van der Waals surface area (Å²) in [6, 6.07) is 7.62. The number of aliphatic hydroxyl groups is 1. The van der Waals surface area contributed by atoms with E-state index in [9.17, 15) is 0 Å². The summed E-state index contributed by atoms with van der Waals surface area (Å²) < 4.78 is 0. The van der Waals surface area contributed by atoms with Crippen LogP contribution in [-0.2, 0) is 13.2 Å². The van der Waals surface area contributed by atoms with Gasteiger partial charge in [0.2, 0.25) is 0 Å². The predicted octanol–water partition coefficient (Wildman–Crippen LogP) is 1.42. The van der Waals surface area contributed by atoms with Crippen LogP contribution in [0.3, 0.4) is 0 Å². The third-order valence-corrected chi connectivity index (χ3v) is 1.68. The van der Waals surface area contributed by atoms with E-state index in [0.717, 1.165) is 11.1 Å². The minimum atomic E-state index is 0.0642. The second kappa shape index (κ2) is 4.34. The molecule has 2 N–H and O–H groups in total. The van der Waals surface area contributed by atoms with Crippen LogP contribution < -0.4 is 4.84 Å². The number of hydrogen-bond donors (Lipinski definition) is 2. The first-order chi connectivity index (χ1) is 5.38. The average molecular weight is 172 g/mol. The van der Waals surface area contributed by atoms with Gasteiger partial charge in [-0.1, -0.05) is 24.3 Å². The zero-order chi connectivity index (χ0) is 8.10. The lowest BCUT2D eigenvalue weighted by atomic mass is 10.1. The molecule has 0 fully saturated rings. The van der Waals surface area contributed by atoms with E-state index in [1.807, 2.05) is 24.3 Å². The van der Waals surface area contributed by atoms with Crippen LogP contribution in [0.1, 0.15) is 11.1 Å². The van der Waals surface area contributed by atoms with E-state index in [1.54, 1.807) is 0 Å². The molecular weight excluding hydrogens is 162 g/mol. The van der Waals surface area contributed by atoms with Crippen molar-refractivity contribution in [1.82, 2.24) is 4.84 Å². The Kier molecular flexibility index (Phi) is 3.36. The molecule has 0 bridgehead atoms. The molecule has 2 nitrogen and oxygen atoms in total. The van der Waals surface area contributed by atoms with Gasteiger partial charge in [0.05, 0.1) is 6.61 Å². The van der Waals surface area contributed by atoms with Crippen molar-refractivity contribution in [3.05, 3.63) is 35.4 Å². The first kappa shape index (κ1) is 8.53. The molecule has 0 heterocycles. The molecule has 0 saturated carbocycles. The zero-order valence-corrected chi connectivity index (χ0v) is 6.80. The van der Waals surface area contributed by atoms with E-state index in [4.69, 9.17) is 16.9 Å². The molecule has 0 aliphatic rings. The summed E-state index contributed by atoms with van der Waals surface area (Å²) in [4.78, 5) is 2.52. The Bertz CT molecular complexity index is 227. The van der Waals surface area contributed by atoms with Crippen molar-refractivity contribution >= 4 is 11.8 Å². The largest absolute Gasteiger partial charge is 0.392 e. The highest BCUT2D eigenvalue weighted by Gasteiger charge is 1.97. The van der Waals surface area contributed by atoms with Crippen LogP contribution in [0.4, 0.5) is 0 Å². The second-order valence-corrected chi connectivity index (χ2v) is 2.50. The minimum Gasteiger partial charge on any atom is -0.392 e. The van der Waals surface area contributed by atoms with Gasteiger partial charge in [0.25, 0.3) is 0 Å². The maximum Gasteiger partial charge on any atom is 0.0685 e. The van der Waals surface area contributed by atoms with Crippen LogP contribution in [0.5, 0.6) is 0 Å². The first-order valence-electron chi connectivity index (χ1n) is 3.39. The minimum absolute atomic E-state index is 0.0642. The maximum absolute atomic E-state index is 8.87.